The summed E-state index contributed by atoms with van der Waals surface area (Å²) in [7, 11) is 0. The van der Waals surface area contributed by atoms with Crippen LogP contribution in [0.4, 0.5) is 5.82 Å². The number of amides is 1. The highest BCUT2D eigenvalue weighted by Crippen LogP contribution is 2.36. The molecule has 2 rings (SSSR count). The smallest absolute Gasteiger partial charge is 0.252 e. The summed E-state index contributed by atoms with van der Waals surface area (Å²) in [6.45, 7) is 5.61. The number of halogens is 1. The molecule has 1 amide bonds. The molecule has 1 aliphatic carbocycles. The number of nitrogens with zero attached hydrogens (tertiary/aromatic N) is 1. The van der Waals surface area contributed by atoms with Crippen molar-refractivity contribution in [2.75, 3.05) is 18.4 Å². The molecule has 1 heterocycles. The van der Waals surface area contributed by atoms with Crippen LogP contribution in [0.1, 0.15) is 37.0 Å². The zero-order chi connectivity index (χ0) is 13.8. The van der Waals surface area contributed by atoms with Crippen molar-refractivity contribution in [2.45, 2.75) is 26.7 Å². The SMILES string of the molecule is CCNc1ncc(C(=O)NCC(C)C2CC2)cc1Cl. The predicted molar refractivity (Wildman–Crippen MR) is 77.6 cm³/mol. The normalized spacial score (nSPS) is 15.9. The summed E-state index contributed by atoms with van der Waals surface area (Å²) in [5.41, 5.74) is 0.509. The Bertz CT molecular complexity index is 460. The number of pyridine rings is 1. The maximum absolute atomic E-state index is 12.0. The lowest BCUT2D eigenvalue weighted by Gasteiger charge is -2.12. The summed E-state index contributed by atoms with van der Waals surface area (Å²) in [5.74, 6) is 1.85. The van der Waals surface area contributed by atoms with Gasteiger partial charge >= 0.3 is 0 Å². The number of rotatable bonds is 6. The average molecular weight is 282 g/mol. The van der Waals surface area contributed by atoms with Crippen molar-refractivity contribution in [3.63, 3.8) is 0 Å². The fraction of sp³-hybridized carbons (Fsp3) is 0.571. The van der Waals surface area contributed by atoms with Gasteiger partial charge in [-0.15, -0.1) is 0 Å². The summed E-state index contributed by atoms with van der Waals surface area (Å²) in [5, 5.41) is 6.46. The Morgan fingerprint density at radius 1 is 1.58 bits per heavy atom. The fourth-order valence-electron chi connectivity index (χ4n) is 2.05. The van der Waals surface area contributed by atoms with Gasteiger partial charge in [0.2, 0.25) is 0 Å². The molecule has 2 N–H and O–H groups in total. The first kappa shape index (κ1) is 14.1. The van der Waals surface area contributed by atoms with Crippen LogP contribution in [-0.2, 0) is 0 Å². The average Bonchev–Trinajstić information content (AvgIpc) is 3.22. The lowest BCUT2D eigenvalue weighted by atomic mass is 10.1. The summed E-state index contributed by atoms with van der Waals surface area (Å²) in [6, 6.07) is 1.66. The maximum Gasteiger partial charge on any atom is 0.252 e. The van der Waals surface area contributed by atoms with Crippen LogP contribution in [0.25, 0.3) is 0 Å². The predicted octanol–water partition coefficient (Wildman–Crippen LogP) is 2.94. The molecule has 1 aromatic heterocycles. The van der Waals surface area contributed by atoms with Gasteiger partial charge in [0.15, 0.2) is 0 Å². The van der Waals surface area contributed by atoms with E-state index in [1.807, 2.05) is 6.92 Å². The van der Waals surface area contributed by atoms with E-state index < -0.39 is 0 Å². The van der Waals surface area contributed by atoms with E-state index in [1.165, 1.54) is 12.8 Å². The largest absolute Gasteiger partial charge is 0.369 e. The van der Waals surface area contributed by atoms with E-state index in [2.05, 4.69) is 22.5 Å². The van der Waals surface area contributed by atoms with Gasteiger partial charge in [0.1, 0.15) is 5.82 Å². The number of anilines is 1. The van der Waals surface area contributed by atoms with Crippen LogP contribution in [0.15, 0.2) is 12.3 Å². The molecule has 0 radical (unpaired) electrons. The summed E-state index contributed by atoms with van der Waals surface area (Å²) < 4.78 is 0. The standard InChI is InChI=1S/C14H20ClN3O/c1-3-16-13-12(15)6-11(8-17-13)14(19)18-7-9(2)10-4-5-10/h6,8-10H,3-5,7H2,1-2H3,(H,16,17)(H,18,19). The molecule has 0 aliphatic heterocycles. The minimum absolute atomic E-state index is 0.107. The van der Waals surface area contributed by atoms with Crippen molar-refractivity contribution in [1.29, 1.82) is 0 Å². The highest BCUT2D eigenvalue weighted by Gasteiger charge is 2.27. The van der Waals surface area contributed by atoms with E-state index in [-0.39, 0.29) is 5.91 Å². The Labute approximate surface area is 118 Å². The molecule has 104 valence electrons. The quantitative estimate of drug-likeness (QED) is 0.843. The first-order chi connectivity index (χ1) is 9.11. The van der Waals surface area contributed by atoms with Crippen molar-refractivity contribution in [3.8, 4) is 0 Å². The lowest BCUT2D eigenvalue weighted by molar-refractivity contribution is 0.0946. The summed E-state index contributed by atoms with van der Waals surface area (Å²) >= 11 is 6.07. The highest BCUT2D eigenvalue weighted by molar-refractivity contribution is 6.33. The summed E-state index contributed by atoms with van der Waals surface area (Å²) in [6.07, 6.45) is 4.14. The molecule has 5 heteroatoms. The van der Waals surface area contributed by atoms with Gasteiger partial charge in [0, 0.05) is 19.3 Å². The monoisotopic (exact) mass is 281 g/mol. The fourth-order valence-corrected chi connectivity index (χ4v) is 2.28. The van der Waals surface area contributed by atoms with Crippen LogP contribution in [0, 0.1) is 11.8 Å². The van der Waals surface area contributed by atoms with Crippen molar-refractivity contribution >= 4 is 23.3 Å². The van der Waals surface area contributed by atoms with Crippen LogP contribution < -0.4 is 10.6 Å². The minimum Gasteiger partial charge on any atom is -0.369 e. The van der Waals surface area contributed by atoms with Gasteiger partial charge in [-0.05, 0) is 37.7 Å². The van der Waals surface area contributed by atoms with Crippen molar-refractivity contribution in [3.05, 3.63) is 22.8 Å². The van der Waals surface area contributed by atoms with E-state index in [1.54, 1.807) is 12.3 Å². The summed E-state index contributed by atoms with van der Waals surface area (Å²) in [4.78, 5) is 16.1. The van der Waals surface area contributed by atoms with Crippen molar-refractivity contribution < 1.29 is 4.79 Å². The lowest BCUT2D eigenvalue weighted by Crippen LogP contribution is -2.29. The Morgan fingerprint density at radius 2 is 2.32 bits per heavy atom. The molecule has 1 saturated carbocycles. The molecule has 0 saturated heterocycles. The van der Waals surface area contributed by atoms with E-state index in [4.69, 9.17) is 11.6 Å². The van der Waals surface area contributed by atoms with Gasteiger partial charge in [-0.1, -0.05) is 18.5 Å². The molecule has 1 aromatic rings. The Hall–Kier alpha value is -1.29. The number of hydrogen-bond donors (Lipinski definition) is 2. The zero-order valence-corrected chi connectivity index (χ0v) is 12.1. The Balaban J connectivity index is 1.92. The van der Waals surface area contributed by atoms with Crippen LogP contribution in [0.5, 0.6) is 0 Å². The molecule has 1 unspecified atom stereocenters. The van der Waals surface area contributed by atoms with Crippen LogP contribution in [-0.4, -0.2) is 24.0 Å². The first-order valence-corrected chi connectivity index (χ1v) is 7.17. The second-order valence-corrected chi connectivity index (χ2v) is 5.52. The van der Waals surface area contributed by atoms with Crippen molar-refractivity contribution in [1.82, 2.24) is 10.3 Å². The third-order valence-corrected chi connectivity index (χ3v) is 3.75. The second kappa shape index (κ2) is 6.24. The van der Waals surface area contributed by atoms with Crippen LogP contribution in [0.3, 0.4) is 0 Å². The molecule has 0 bridgehead atoms. The number of aromatic nitrogens is 1. The van der Waals surface area contributed by atoms with Gasteiger partial charge < -0.3 is 10.6 Å². The molecule has 0 aromatic carbocycles. The zero-order valence-electron chi connectivity index (χ0n) is 11.4. The van der Waals surface area contributed by atoms with Gasteiger partial charge in [-0.2, -0.15) is 0 Å². The number of carbonyl (C=O) groups excluding carboxylic acids is 1. The Kier molecular flexibility index (Phi) is 4.64. The first-order valence-electron chi connectivity index (χ1n) is 6.79. The third-order valence-electron chi connectivity index (χ3n) is 3.46. The molecule has 4 nitrogen and oxygen atoms in total. The molecule has 19 heavy (non-hydrogen) atoms. The van der Waals surface area contributed by atoms with Gasteiger partial charge in [0.25, 0.3) is 5.91 Å². The van der Waals surface area contributed by atoms with Gasteiger partial charge in [-0.25, -0.2) is 4.98 Å². The molecular formula is C14H20ClN3O. The Morgan fingerprint density at radius 3 is 2.89 bits per heavy atom. The van der Waals surface area contributed by atoms with Gasteiger partial charge in [-0.3, -0.25) is 4.79 Å². The number of nitrogens with one attached hydrogen (secondary N) is 2. The topological polar surface area (TPSA) is 54.0 Å². The number of hydrogen-bond acceptors (Lipinski definition) is 3. The van der Waals surface area contributed by atoms with Gasteiger partial charge in [0.05, 0.1) is 10.6 Å². The van der Waals surface area contributed by atoms with E-state index in [0.717, 1.165) is 19.0 Å². The van der Waals surface area contributed by atoms with E-state index >= 15 is 0 Å². The minimum atomic E-state index is -0.107. The maximum atomic E-state index is 12.0. The van der Waals surface area contributed by atoms with Crippen LogP contribution >= 0.6 is 11.6 Å². The molecule has 1 fully saturated rings. The third kappa shape index (κ3) is 3.83. The van der Waals surface area contributed by atoms with E-state index in [9.17, 15) is 4.79 Å². The second-order valence-electron chi connectivity index (χ2n) is 5.11. The molecule has 0 spiro atoms. The van der Waals surface area contributed by atoms with Crippen LogP contribution in [0.2, 0.25) is 5.02 Å². The number of carbonyl (C=O) groups is 1. The molecule has 1 aliphatic rings. The van der Waals surface area contributed by atoms with Crippen molar-refractivity contribution in [2.24, 2.45) is 11.8 Å². The molecule has 1 atom stereocenters. The van der Waals surface area contributed by atoms with E-state index in [0.29, 0.717) is 22.3 Å². The highest BCUT2D eigenvalue weighted by atomic mass is 35.5. The molecular weight excluding hydrogens is 262 g/mol.